The second-order valence-corrected chi connectivity index (χ2v) is 4.94. The van der Waals surface area contributed by atoms with E-state index in [1.165, 1.54) is 11.5 Å². The standard InChI is InChI=1S/C13H16N4S/c1-8-6-4-5-7-11(8)16-15-9(2)12-10(3)17-18-13(12)14/h4-7,16H,14H2,1-3H3/b15-9-. The van der Waals surface area contributed by atoms with E-state index in [4.69, 9.17) is 5.73 Å². The molecule has 0 aliphatic rings. The molecule has 1 aromatic heterocycles. The number of nitrogen functional groups attached to an aromatic ring is 1. The Labute approximate surface area is 111 Å². The van der Waals surface area contributed by atoms with Gasteiger partial charge in [0, 0.05) is 0 Å². The fourth-order valence-electron chi connectivity index (χ4n) is 1.73. The van der Waals surface area contributed by atoms with E-state index in [0.717, 1.165) is 28.2 Å². The van der Waals surface area contributed by atoms with Crippen molar-refractivity contribution in [2.45, 2.75) is 20.8 Å². The molecule has 2 rings (SSSR count). The van der Waals surface area contributed by atoms with Crippen LogP contribution in [-0.2, 0) is 0 Å². The minimum absolute atomic E-state index is 0.709. The zero-order chi connectivity index (χ0) is 13.1. The van der Waals surface area contributed by atoms with E-state index < -0.39 is 0 Å². The summed E-state index contributed by atoms with van der Waals surface area (Å²) in [6.07, 6.45) is 0. The minimum atomic E-state index is 0.709. The molecule has 0 atom stereocenters. The van der Waals surface area contributed by atoms with Gasteiger partial charge in [0.15, 0.2) is 0 Å². The molecule has 1 aromatic carbocycles. The van der Waals surface area contributed by atoms with Crippen molar-refractivity contribution >= 4 is 27.9 Å². The highest BCUT2D eigenvalue weighted by atomic mass is 32.1. The monoisotopic (exact) mass is 260 g/mol. The summed E-state index contributed by atoms with van der Waals surface area (Å²) in [6.45, 7) is 5.91. The molecule has 0 radical (unpaired) electrons. The van der Waals surface area contributed by atoms with Crippen molar-refractivity contribution in [1.82, 2.24) is 4.37 Å². The molecule has 0 unspecified atom stereocenters. The van der Waals surface area contributed by atoms with E-state index in [1.54, 1.807) is 0 Å². The van der Waals surface area contributed by atoms with E-state index in [9.17, 15) is 0 Å². The topological polar surface area (TPSA) is 63.3 Å². The maximum Gasteiger partial charge on any atom is 0.116 e. The number of benzene rings is 1. The average molecular weight is 260 g/mol. The van der Waals surface area contributed by atoms with Gasteiger partial charge in [-0.15, -0.1) is 0 Å². The summed E-state index contributed by atoms with van der Waals surface area (Å²) in [5.74, 6) is 0. The summed E-state index contributed by atoms with van der Waals surface area (Å²) in [7, 11) is 0. The van der Waals surface area contributed by atoms with E-state index in [0.29, 0.717) is 5.00 Å². The zero-order valence-electron chi connectivity index (χ0n) is 10.7. The van der Waals surface area contributed by atoms with Crippen LogP contribution in [0, 0.1) is 13.8 Å². The Morgan fingerprint density at radius 2 is 2.06 bits per heavy atom. The smallest absolute Gasteiger partial charge is 0.116 e. The zero-order valence-corrected chi connectivity index (χ0v) is 11.5. The lowest BCUT2D eigenvalue weighted by Crippen LogP contribution is -2.03. The number of para-hydroxylation sites is 1. The molecule has 1 heterocycles. The Morgan fingerprint density at radius 3 is 2.67 bits per heavy atom. The highest BCUT2D eigenvalue weighted by Gasteiger charge is 2.10. The summed E-state index contributed by atoms with van der Waals surface area (Å²) < 4.78 is 4.22. The maximum atomic E-state index is 5.89. The number of hydrogen-bond donors (Lipinski definition) is 2. The summed E-state index contributed by atoms with van der Waals surface area (Å²) >= 11 is 1.30. The SMILES string of the molecule is C/C(=N/Nc1ccccc1C)c1c(C)nsc1N. The van der Waals surface area contributed by atoms with Crippen LogP contribution in [0.4, 0.5) is 10.7 Å². The largest absolute Gasteiger partial charge is 0.389 e. The van der Waals surface area contributed by atoms with Gasteiger partial charge in [-0.3, -0.25) is 5.43 Å². The molecular formula is C13H16N4S. The Morgan fingerprint density at radius 1 is 1.33 bits per heavy atom. The third-order valence-electron chi connectivity index (χ3n) is 2.74. The van der Waals surface area contributed by atoms with Crippen molar-refractivity contribution in [3.8, 4) is 0 Å². The number of nitrogens with one attached hydrogen (secondary N) is 1. The van der Waals surface area contributed by atoms with Crippen LogP contribution in [0.5, 0.6) is 0 Å². The highest BCUT2D eigenvalue weighted by molar-refractivity contribution is 7.10. The van der Waals surface area contributed by atoms with Crippen molar-refractivity contribution in [3.05, 3.63) is 41.1 Å². The van der Waals surface area contributed by atoms with Gasteiger partial charge in [0.25, 0.3) is 0 Å². The average Bonchev–Trinajstić information content (AvgIpc) is 2.68. The highest BCUT2D eigenvalue weighted by Crippen LogP contribution is 2.22. The van der Waals surface area contributed by atoms with E-state index in [-0.39, 0.29) is 0 Å². The number of anilines is 2. The Bertz CT molecular complexity index is 567. The molecule has 5 heteroatoms. The summed E-state index contributed by atoms with van der Waals surface area (Å²) in [4.78, 5) is 0. The third-order valence-corrected chi connectivity index (χ3v) is 3.51. The van der Waals surface area contributed by atoms with Crippen molar-refractivity contribution in [2.75, 3.05) is 11.2 Å². The minimum Gasteiger partial charge on any atom is -0.389 e. The molecule has 0 bridgehead atoms. The molecule has 94 valence electrons. The second kappa shape index (κ2) is 5.18. The molecule has 18 heavy (non-hydrogen) atoms. The van der Waals surface area contributed by atoms with Crippen LogP contribution in [0.2, 0.25) is 0 Å². The molecule has 0 fully saturated rings. The first-order chi connectivity index (χ1) is 8.59. The van der Waals surface area contributed by atoms with E-state index >= 15 is 0 Å². The second-order valence-electron chi connectivity index (χ2n) is 4.13. The number of nitrogens with zero attached hydrogens (tertiary/aromatic N) is 2. The first-order valence-electron chi connectivity index (χ1n) is 5.67. The van der Waals surface area contributed by atoms with Gasteiger partial charge in [0.1, 0.15) is 5.00 Å². The van der Waals surface area contributed by atoms with Gasteiger partial charge in [0.2, 0.25) is 0 Å². The first-order valence-corrected chi connectivity index (χ1v) is 6.45. The molecule has 2 aromatic rings. The van der Waals surface area contributed by atoms with Gasteiger partial charge in [-0.2, -0.15) is 9.47 Å². The fraction of sp³-hybridized carbons (Fsp3) is 0.231. The summed E-state index contributed by atoms with van der Waals surface area (Å²) in [5.41, 5.74) is 13.8. The molecule has 0 amide bonds. The van der Waals surface area contributed by atoms with Crippen LogP contribution in [0.1, 0.15) is 23.7 Å². The maximum absolute atomic E-state index is 5.89. The number of hydrogen-bond acceptors (Lipinski definition) is 5. The van der Waals surface area contributed by atoms with Crippen LogP contribution >= 0.6 is 11.5 Å². The number of rotatable bonds is 3. The van der Waals surface area contributed by atoms with Crippen molar-refractivity contribution in [2.24, 2.45) is 5.10 Å². The Balaban J connectivity index is 2.23. The van der Waals surface area contributed by atoms with E-state index in [2.05, 4.69) is 14.9 Å². The Kier molecular flexibility index (Phi) is 3.62. The molecule has 3 N–H and O–H groups in total. The van der Waals surface area contributed by atoms with E-state index in [1.807, 2.05) is 45.0 Å². The summed E-state index contributed by atoms with van der Waals surface area (Å²) in [6, 6.07) is 8.01. The van der Waals surface area contributed by atoms with Gasteiger partial charge in [-0.25, -0.2) is 0 Å². The van der Waals surface area contributed by atoms with Crippen molar-refractivity contribution < 1.29 is 0 Å². The molecular weight excluding hydrogens is 244 g/mol. The van der Waals surface area contributed by atoms with Crippen LogP contribution in [-0.4, -0.2) is 10.1 Å². The van der Waals surface area contributed by atoms with Crippen LogP contribution in [0.3, 0.4) is 0 Å². The first kappa shape index (κ1) is 12.6. The van der Waals surface area contributed by atoms with Crippen molar-refractivity contribution in [1.29, 1.82) is 0 Å². The van der Waals surface area contributed by atoms with Gasteiger partial charge in [-0.1, -0.05) is 18.2 Å². The van der Waals surface area contributed by atoms with Gasteiger partial charge in [-0.05, 0) is 43.9 Å². The Hall–Kier alpha value is -1.88. The molecule has 0 saturated carbocycles. The van der Waals surface area contributed by atoms with Crippen molar-refractivity contribution in [3.63, 3.8) is 0 Å². The third kappa shape index (κ3) is 2.51. The molecule has 0 aliphatic carbocycles. The van der Waals surface area contributed by atoms with Gasteiger partial charge < -0.3 is 5.73 Å². The van der Waals surface area contributed by atoms with Gasteiger partial charge in [0.05, 0.1) is 22.7 Å². The van der Waals surface area contributed by atoms with Crippen LogP contribution < -0.4 is 11.2 Å². The number of aromatic nitrogens is 1. The summed E-state index contributed by atoms with van der Waals surface area (Å²) in [5, 5.41) is 5.08. The number of nitrogens with two attached hydrogens (primary N) is 1. The normalized spacial score (nSPS) is 11.6. The molecule has 0 spiro atoms. The van der Waals surface area contributed by atoms with Gasteiger partial charge >= 0.3 is 0 Å². The number of aryl methyl sites for hydroxylation is 2. The lowest BCUT2D eigenvalue weighted by atomic mass is 10.2. The quantitative estimate of drug-likeness (QED) is 0.658. The molecule has 4 nitrogen and oxygen atoms in total. The predicted octanol–water partition coefficient (Wildman–Crippen LogP) is 3.18. The van der Waals surface area contributed by atoms with Crippen LogP contribution in [0.25, 0.3) is 0 Å². The predicted molar refractivity (Wildman–Crippen MR) is 78.3 cm³/mol. The lowest BCUT2D eigenvalue weighted by molar-refractivity contribution is 1.27. The van der Waals surface area contributed by atoms with Crippen LogP contribution in [0.15, 0.2) is 29.4 Å². The number of hydrazone groups is 1. The fourth-order valence-corrected chi connectivity index (χ4v) is 2.44. The lowest BCUT2D eigenvalue weighted by Gasteiger charge is -2.06. The molecule has 0 saturated heterocycles. The molecule has 0 aliphatic heterocycles.